The van der Waals surface area contributed by atoms with Gasteiger partial charge in [-0.25, -0.2) is 9.59 Å². The molecule has 0 aliphatic heterocycles. The van der Waals surface area contributed by atoms with Crippen molar-refractivity contribution < 1.29 is 33.4 Å². The van der Waals surface area contributed by atoms with Crippen molar-refractivity contribution in [1.29, 1.82) is 0 Å². The quantitative estimate of drug-likeness (QED) is 0.399. The van der Waals surface area contributed by atoms with E-state index in [0.29, 0.717) is 34.4 Å². The van der Waals surface area contributed by atoms with Crippen LogP contribution < -0.4 is 4.74 Å². The Morgan fingerprint density at radius 1 is 1.04 bits per heavy atom. The van der Waals surface area contributed by atoms with Gasteiger partial charge in [0.05, 0.1) is 17.9 Å². The lowest BCUT2D eigenvalue weighted by Gasteiger charge is -2.07. The van der Waals surface area contributed by atoms with Crippen LogP contribution in [0.4, 0.5) is 0 Å². The molecule has 0 fully saturated rings. The Labute approximate surface area is 161 Å². The summed E-state index contributed by atoms with van der Waals surface area (Å²) in [7, 11) is 0. The highest BCUT2D eigenvalue weighted by Crippen LogP contribution is 2.19. The summed E-state index contributed by atoms with van der Waals surface area (Å²) in [6.07, 6.45) is 0.696. The van der Waals surface area contributed by atoms with Crippen molar-refractivity contribution in [2.24, 2.45) is 0 Å². The van der Waals surface area contributed by atoms with Gasteiger partial charge in [0.2, 0.25) is 5.78 Å². The highest BCUT2D eigenvalue weighted by atomic mass is 16.6. The van der Waals surface area contributed by atoms with Gasteiger partial charge in [0, 0.05) is 11.3 Å². The first kappa shape index (κ1) is 20.9. The van der Waals surface area contributed by atoms with Crippen LogP contribution in [0.5, 0.6) is 5.75 Å². The van der Waals surface area contributed by atoms with Crippen LogP contribution in [0.2, 0.25) is 0 Å². The fraction of sp³-hybridized carbons (Fsp3) is 0.300. The van der Waals surface area contributed by atoms with Crippen molar-refractivity contribution in [1.82, 2.24) is 4.98 Å². The van der Waals surface area contributed by atoms with E-state index < -0.39 is 24.3 Å². The van der Waals surface area contributed by atoms with Crippen LogP contribution in [-0.2, 0) is 14.3 Å². The van der Waals surface area contributed by atoms with E-state index in [4.69, 9.17) is 14.2 Å². The third kappa shape index (κ3) is 5.06. The lowest BCUT2D eigenvalue weighted by atomic mass is 10.1. The molecule has 1 aromatic heterocycles. The van der Waals surface area contributed by atoms with Crippen LogP contribution in [0.25, 0.3) is 0 Å². The molecule has 2 aromatic rings. The molecular weight excluding hydrogens is 366 g/mol. The first-order chi connectivity index (χ1) is 13.4. The van der Waals surface area contributed by atoms with Crippen LogP contribution in [0.1, 0.15) is 49.4 Å². The molecular formula is C20H21NO7. The number of aldehydes is 1. The van der Waals surface area contributed by atoms with E-state index in [2.05, 4.69) is 4.98 Å². The van der Waals surface area contributed by atoms with E-state index in [1.54, 1.807) is 45.0 Å². The van der Waals surface area contributed by atoms with Gasteiger partial charge in [-0.05, 0) is 50.6 Å². The Hall–Kier alpha value is -3.42. The molecule has 0 unspecified atom stereocenters. The average molecular weight is 387 g/mol. The first-order valence-corrected chi connectivity index (χ1v) is 8.60. The lowest BCUT2D eigenvalue weighted by molar-refractivity contribution is -0.144. The van der Waals surface area contributed by atoms with Crippen molar-refractivity contribution in [3.8, 4) is 5.75 Å². The SMILES string of the molecule is CCOC(=O)c1c(C)[nH]c(C(=O)COC(=O)COc2ccc(C=O)cc2)c1C. The zero-order valence-electron chi connectivity index (χ0n) is 15.9. The molecule has 0 saturated carbocycles. The molecule has 1 N–H and O–H groups in total. The second-order valence-corrected chi connectivity index (χ2v) is 5.90. The normalized spacial score (nSPS) is 10.2. The topological polar surface area (TPSA) is 112 Å². The van der Waals surface area contributed by atoms with Crippen LogP contribution in [0.15, 0.2) is 24.3 Å². The summed E-state index contributed by atoms with van der Waals surface area (Å²) in [5, 5.41) is 0. The second-order valence-electron chi connectivity index (χ2n) is 5.90. The largest absolute Gasteiger partial charge is 0.482 e. The number of rotatable bonds is 9. The third-order valence-corrected chi connectivity index (χ3v) is 3.93. The first-order valence-electron chi connectivity index (χ1n) is 8.60. The maximum atomic E-state index is 12.3. The monoisotopic (exact) mass is 387 g/mol. The number of carbonyl (C=O) groups excluding carboxylic acids is 4. The van der Waals surface area contributed by atoms with Gasteiger partial charge >= 0.3 is 11.9 Å². The Morgan fingerprint density at radius 2 is 1.71 bits per heavy atom. The minimum Gasteiger partial charge on any atom is -0.482 e. The zero-order chi connectivity index (χ0) is 20.7. The maximum Gasteiger partial charge on any atom is 0.344 e. The predicted octanol–water partition coefficient (Wildman–Crippen LogP) is 2.43. The van der Waals surface area contributed by atoms with Crippen molar-refractivity contribution in [3.63, 3.8) is 0 Å². The molecule has 0 saturated heterocycles. The van der Waals surface area contributed by atoms with Crippen LogP contribution in [0, 0.1) is 13.8 Å². The summed E-state index contributed by atoms with van der Waals surface area (Å²) in [4.78, 5) is 49.5. The number of benzene rings is 1. The van der Waals surface area contributed by atoms with Gasteiger partial charge < -0.3 is 19.2 Å². The lowest BCUT2D eigenvalue weighted by Crippen LogP contribution is -2.20. The number of carbonyl (C=O) groups is 4. The minimum atomic E-state index is -0.723. The van der Waals surface area contributed by atoms with Gasteiger partial charge in [0.25, 0.3) is 0 Å². The predicted molar refractivity (Wildman–Crippen MR) is 98.8 cm³/mol. The number of ketones is 1. The number of esters is 2. The van der Waals surface area contributed by atoms with Crippen molar-refractivity contribution in [2.45, 2.75) is 20.8 Å². The van der Waals surface area contributed by atoms with Gasteiger partial charge in [-0.3, -0.25) is 9.59 Å². The van der Waals surface area contributed by atoms with Gasteiger partial charge in [-0.15, -0.1) is 0 Å². The molecule has 0 spiro atoms. The van der Waals surface area contributed by atoms with Crippen molar-refractivity contribution >= 4 is 24.0 Å². The van der Waals surface area contributed by atoms with E-state index in [1.807, 2.05) is 0 Å². The summed E-state index contributed by atoms with van der Waals surface area (Å²) in [5.41, 5.74) is 1.94. The molecule has 28 heavy (non-hydrogen) atoms. The molecule has 8 nitrogen and oxygen atoms in total. The summed E-state index contributed by atoms with van der Waals surface area (Å²) >= 11 is 0. The third-order valence-electron chi connectivity index (χ3n) is 3.93. The van der Waals surface area contributed by atoms with E-state index in [9.17, 15) is 19.2 Å². The fourth-order valence-electron chi connectivity index (χ4n) is 2.58. The summed E-state index contributed by atoms with van der Waals surface area (Å²) in [5.74, 6) is -1.32. The van der Waals surface area contributed by atoms with Gasteiger partial charge in [0.15, 0.2) is 13.2 Å². The Bertz CT molecular complexity index is 881. The van der Waals surface area contributed by atoms with Crippen LogP contribution in [-0.4, -0.2) is 48.8 Å². The molecule has 0 aliphatic carbocycles. The molecule has 0 amide bonds. The number of H-pyrrole nitrogens is 1. The van der Waals surface area contributed by atoms with Crippen LogP contribution in [0.3, 0.4) is 0 Å². The number of nitrogens with one attached hydrogen (secondary N) is 1. The average Bonchev–Trinajstić information content (AvgIpc) is 2.99. The molecule has 0 radical (unpaired) electrons. The smallest absolute Gasteiger partial charge is 0.344 e. The Kier molecular flexibility index (Phi) is 7.08. The number of aryl methyl sites for hydroxylation is 1. The molecule has 1 aromatic carbocycles. The number of hydrogen-bond donors (Lipinski definition) is 1. The summed E-state index contributed by atoms with van der Waals surface area (Å²) < 4.78 is 15.1. The minimum absolute atomic E-state index is 0.193. The van der Waals surface area contributed by atoms with Gasteiger partial charge in [0.1, 0.15) is 12.0 Å². The van der Waals surface area contributed by atoms with Gasteiger partial charge in [-0.2, -0.15) is 0 Å². The molecule has 148 valence electrons. The summed E-state index contributed by atoms with van der Waals surface area (Å²) in [6, 6.07) is 6.19. The van der Waals surface area contributed by atoms with E-state index in [0.717, 1.165) is 0 Å². The zero-order valence-corrected chi connectivity index (χ0v) is 15.9. The number of hydrogen-bond acceptors (Lipinski definition) is 7. The molecule has 1 heterocycles. The number of ether oxygens (including phenoxy) is 3. The second kappa shape index (κ2) is 9.50. The molecule has 0 atom stereocenters. The van der Waals surface area contributed by atoms with Gasteiger partial charge in [-0.1, -0.05) is 0 Å². The van der Waals surface area contributed by atoms with E-state index >= 15 is 0 Å². The number of aromatic nitrogens is 1. The maximum absolute atomic E-state index is 12.3. The molecule has 2 rings (SSSR count). The molecule has 0 bridgehead atoms. The Morgan fingerprint density at radius 3 is 2.32 bits per heavy atom. The van der Waals surface area contributed by atoms with E-state index in [1.165, 1.54) is 0 Å². The van der Waals surface area contributed by atoms with Crippen molar-refractivity contribution in [2.75, 3.05) is 19.8 Å². The molecule has 8 heteroatoms. The molecule has 0 aliphatic rings. The van der Waals surface area contributed by atoms with E-state index in [-0.39, 0.29) is 18.9 Å². The van der Waals surface area contributed by atoms with Crippen molar-refractivity contribution in [3.05, 3.63) is 52.3 Å². The summed E-state index contributed by atoms with van der Waals surface area (Å²) in [6.45, 7) is 4.32. The fourth-order valence-corrected chi connectivity index (χ4v) is 2.58. The highest BCUT2D eigenvalue weighted by Gasteiger charge is 2.23. The number of aromatic amines is 1. The standard InChI is InChI=1S/C20H21NO7/c1-4-26-20(25)18-12(2)19(21-13(18)3)16(23)10-28-17(24)11-27-15-7-5-14(9-22)6-8-15/h5-9,21H,4,10-11H2,1-3H3. The Balaban J connectivity index is 1.90. The van der Waals surface area contributed by atoms with Crippen LogP contribution >= 0.6 is 0 Å². The number of Topliss-reactive ketones (excluding diaryl/α,β-unsaturated/α-hetero) is 1. The highest BCUT2D eigenvalue weighted by molar-refractivity contribution is 6.02.